The molecule has 1 heterocycles. The second kappa shape index (κ2) is 5.70. The fourth-order valence-electron chi connectivity index (χ4n) is 2.18. The van der Waals surface area contributed by atoms with Crippen LogP contribution in [-0.4, -0.2) is 4.98 Å². The molecule has 98 valence electrons. The van der Waals surface area contributed by atoms with Crippen molar-refractivity contribution in [3.05, 3.63) is 78.5 Å². The van der Waals surface area contributed by atoms with E-state index in [1.807, 2.05) is 42.5 Å². The third-order valence-electron chi connectivity index (χ3n) is 3.21. The second-order valence-corrected chi connectivity index (χ2v) is 4.47. The van der Waals surface area contributed by atoms with Gasteiger partial charge in [-0.1, -0.05) is 67.5 Å². The van der Waals surface area contributed by atoms with E-state index in [2.05, 4.69) is 4.98 Å². The topological polar surface area (TPSA) is 12.9 Å². The van der Waals surface area contributed by atoms with E-state index >= 15 is 0 Å². The summed E-state index contributed by atoms with van der Waals surface area (Å²) in [5.74, 6) is 0. The van der Waals surface area contributed by atoms with Crippen LogP contribution in [0, 0.1) is 0 Å². The number of benzene rings is 2. The van der Waals surface area contributed by atoms with Crippen molar-refractivity contribution in [1.29, 1.82) is 0 Å². The van der Waals surface area contributed by atoms with Crippen LogP contribution in [0.4, 0.5) is 0 Å². The molecular weight excluding hydrogens is 242 g/mol. The Bertz CT molecular complexity index is 855. The van der Waals surface area contributed by atoms with Crippen LogP contribution in [0.5, 0.6) is 0 Å². The van der Waals surface area contributed by atoms with E-state index in [4.69, 9.17) is 6.85 Å². The summed E-state index contributed by atoms with van der Waals surface area (Å²) in [6.45, 7) is -2.75. The molecule has 3 aromatic rings. The van der Waals surface area contributed by atoms with Crippen LogP contribution in [-0.2, 0) is 6.37 Å². The van der Waals surface area contributed by atoms with Gasteiger partial charge < -0.3 is 0 Å². The molecule has 0 aliphatic rings. The third kappa shape index (κ3) is 2.48. The summed E-state index contributed by atoms with van der Waals surface area (Å²) >= 11 is 0. The average Bonchev–Trinajstić information content (AvgIpc) is 2.62. The molecule has 0 aliphatic heterocycles. The highest BCUT2D eigenvalue weighted by molar-refractivity contribution is 5.69. The molecule has 0 spiro atoms. The van der Waals surface area contributed by atoms with Crippen LogP contribution in [0.1, 0.15) is 19.3 Å². The Balaban J connectivity index is 2.04. The van der Waals surface area contributed by atoms with E-state index in [1.54, 1.807) is 24.4 Å². The van der Waals surface area contributed by atoms with E-state index in [1.165, 1.54) is 6.07 Å². The Morgan fingerprint density at radius 2 is 1.70 bits per heavy atom. The van der Waals surface area contributed by atoms with E-state index in [0.717, 1.165) is 11.3 Å². The summed E-state index contributed by atoms with van der Waals surface area (Å²) in [5, 5.41) is 0. The molecule has 0 radical (unpaired) electrons. The predicted molar refractivity (Wildman–Crippen MR) is 84.5 cm³/mol. The van der Waals surface area contributed by atoms with Crippen LogP contribution >= 0.6 is 0 Å². The van der Waals surface area contributed by atoms with Gasteiger partial charge in [-0.05, 0) is 23.6 Å². The number of hydrogen-bond donors (Lipinski definition) is 0. The molecule has 0 atom stereocenters. The van der Waals surface area contributed by atoms with Crippen molar-refractivity contribution in [2.75, 3.05) is 0 Å². The van der Waals surface area contributed by atoms with Crippen molar-refractivity contribution in [2.24, 2.45) is 0 Å². The van der Waals surface area contributed by atoms with Crippen molar-refractivity contribution >= 4 is 0 Å². The fraction of sp³-hybridized carbons (Fsp3) is 0.105. The summed E-state index contributed by atoms with van der Waals surface area (Å²) in [5.41, 5.74) is 3.16. The average molecular weight is 264 g/mol. The molecule has 1 aromatic heterocycles. The highest BCUT2D eigenvalue weighted by Crippen LogP contribution is 2.25. The maximum absolute atomic E-state index is 8.07. The van der Waals surface area contributed by atoms with Crippen molar-refractivity contribution in [1.82, 2.24) is 4.98 Å². The lowest BCUT2D eigenvalue weighted by Gasteiger charge is -2.08. The highest BCUT2D eigenvalue weighted by Gasteiger charge is 2.04. The lowest BCUT2D eigenvalue weighted by Crippen LogP contribution is -1.89. The first-order valence-corrected chi connectivity index (χ1v) is 6.42. The van der Waals surface area contributed by atoms with Crippen LogP contribution in [0.15, 0.2) is 72.9 Å². The lowest BCUT2D eigenvalue weighted by molar-refractivity contribution is 1.14. The van der Waals surface area contributed by atoms with Gasteiger partial charge in [0.15, 0.2) is 0 Å². The molecule has 0 bridgehead atoms. The first-order chi connectivity index (χ1) is 11.8. The van der Waals surface area contributed by atoms with Crippen LogP contribution in [0.25, 0.3) is 22.4 Å². The van der Waals surface area contributed by atoms with Gasteiger partial charge in [-0.25, -0.2) is 0 Å². The molecule has 1 nitrogen and oxygen atoms in total. The molecule has 0 amide bonds. The molecule has 3 rings (SSSR count). The summed E-state index contributed by atoms with van der Waals surface area (Å²) in [4.78, 5) is 4.45. The summed E-state index contributed by atoms with van der Waals surface area (Å²) in [6, 6.07) is 20.1. The zero-order valence-corrected chi connectivity index (χ0v) is 10.9. The smallest absolute Gasteiger partial charge is 0.0702 e. The molecule has 0 unspecified atom stereocenters. The molecule has 2 aromatic carbocycles. The van der Waals surface area contributed by atoms with Gasteiger partial charge in [0.25, 0.3) is 0 Å². The molecule has 0 aliphatic carbocycles. The molecule has 0 saturated heterocycles. The van der Waals surface area contributed by atoms with E-state index < -0.39 is 13.2 Å². The number of aromatic nitrogens is 1. The summed E-state index contributed by atoms with van der Waals surface area (Å²) in [6.07, 6.45) is -0.793. The Kier molecular flexibility index (Phi) is 2.28. The normalized spacial score (nSPS) is 15.5. The van der Waals surface area contributed by atoms with Gasteiger partial charge in [0.1, 0.15) is 0 Å². The number of aryl methyl sites for hydroxylation is 1. The van der Waals surface area contributed by atoms with Crippen molar-refractivity contribution in [2.45, 2.75) is 13.2 Å². The Morgan fingerprint density at radius 1 is 0.900 bits per heavy atom. The van der Waals surface area contributed by atoms with Crippen LogP contribution in [0.2, 0.25) is 0 Å². The van der Waals surface area contributed by atoms with E-state index in [0.29, 0.717) is 11.1 Å². The number of hydrogen-bond acceptors (Lipinski definition) is 1. The minimum Gasteiger partial charge on any atom is -0.256 e. The molecule has 20 heavy (non-hydrogen) atoms. The maximum Gasteiger partial charge on any atom is 0.0702 e. The number of pyridine rings is 1. The van der Waals surface area contributed by atoms with Gasteiger partial charge in [-0.15, -0.1) is 0 Å². The summed E-state index contributed by atoms with van der Waals surface area (Å²) in [7, 11) is 0. The van der Waals surface area contributed by atoms with Crippen molar-refractivity contribution < 1.29 is 6.85 Å². The van der Waals surface area contributed by atoms with Crippen molar-refractivity contribution in [3.8, 4) is 22.4 Å². The highest BCUT2D eigenvalue weighted by atomic mass is 14.7. The minimum atomic E-state index is -2.75. The number of nitrogens with zero attached hydrogens (tertiary/aromatic N) is 1. The fourth-order valence-corrected chi connectivity index (χ4v) is 2.18. The van der Waals surface area contributed by atoms with E-state index in [9.17, 15) is 0 Å². The number of rotatable bonds is 3. The van der Waals surface area contributed by atoms with Gasteiger partial charge in [0.2, 0.25) is 0 Å². The maximum atomic E-state index is 8.07. The molecule has 1 heteroatoms. The first kappa shape index (κ1) is 8.01. The summed E-state index contributed by atoms with van der Waals surface area (Å²) < 4.78 is 38.7. The third-order valence-corrected chi connectivity index (χ3v) is 3.21. The molecular formula is C19H17N. The Morgan fingerprint density at radius 3 is 2.45 bits per heavy atom. The SMILES string of the molecule is [2H]C([2H])([2H])C([2H])([2H])c1ccccc1-c1ccc(-c2ccccc2)nc1. The van der Waals surface area contributed by atoms with E-state index in [-0.39, 0.29) is 5.56 Å². The van der Waals surface area contributed by atoms with Gasteiger partial charge in [-0.2, -0.15) is 0 Å². The molecule has 0 N–H and O–H groups in total. The van der Waals surface area contributed by atoms with Crippen molar-refractivity contribution in [3.63, 3.8) is 0 Å². The zero-order chi connectivity index (χ0) is 18.1. The quantitative estimate of drug-likeness (QED) is 0.650. The monoisotopic (exact) mass is 264 g/mol. The Hall–Kier alpha value is -2.41. The second-order valence-electron chi connectivity index (χ2n) is 4.47. The van der Waals surface area contributed by atoms with Gasteiger partial charge in [-0.3, -0.25) is 4.98 Å². The van der Waals surface area contributed by atoms with Gasteiger partial charge in [0.05, 0.1) is 5.69 Å². The largest absolute Gasteiger partial charge is 0.256 e. The van der Waals surface area contributed by atoms with Crippen LogP contribution in [0.3, 0.4) is 0 Å². The van der Waals surface area contributed by atoms with Gasteiger partial charge in [0, 0.05) is 24.2 Å². The zero-order valence-electron chi connectivity index (χ0n) is 15.9. The molecule has 0 saturated carbocycles. The standard InChI is InChI=1S/C19H17N/c1-2-15-8-6-7-11-18(15)17-12-13-19(20-14-17)16-9-4-3-5-10-16/h3-14H,2H2,1H3/i1D3,2D2. The lowest BCUT2D eigenvalue weighted by atomic mass is 9.99. The first-order valence-electron chi connectivity index (χ1n) is 8.92. The molecule has 0 fully saturated rings. The Labute approximate surface area is 127 Å². The van der Waals surface area contributed by atoms with Gasteiger partial charge >= 0.3 is 0 Å². The van der Waals surface area contributed by atoms with Crippen LogP contribution < -0.4 is 0 Å². The predicted octanol–water partition coefficient (Wildman–Crippen LogP) is 4.98. The minimum absolute atomic E-state index is 0.143.